The van der Waals surface area contributed by atoms with Crippen LogP contribution in [0.25, 0.3) is 21.5 Å². The monoisotopic (exact) mass is 580 g/mol. The Hall–Kier alpha value is -3.17. The molecule has 0 saturated heterocycles. The van der Waals surface area contributed by atoms with E-state index >= 15 is 0 Å². The maximum atomic E-state index is 9.19. The summed E-state index contributed by atoms with van der Waals surface area (Å²) >= 11 is 0. The second-order valence-corrected chi connectivity index (χ2v) is 11.4. The van der Waals surface area contributed by atoms with Gasteiger partial charge in [0.25, 0.3) is 10.1 Å². The topological polar surface area (TPSA) is 96.9 Å². The van der Waals surface area contributed by atoms with Crippen LogP contribution < -0.4 is 20.1 Å². The summed E-state index contributed by atoms with van der Waals surface area (Å²) in [5.74, 6) is 2.04. The zero-order valence-electron chi connectivity index (χ0n) is 24.5. The molecule has 0 unspecified atom stereocenters. The number of nitrogens with one attached hydrogen (secondary N) is 2. The van der Waals surface area contributed by atoms with Crippen LogP contribution >= 0.6 is 0 Å². The van der Waals surface area contributed by atoms with Crippen molar-refractivity contribution in [2.45, 2.75) is 52.6 Å². The first-order valence-corrected chi connectivity index (χ1v) is 16.3. The van der Waals surface area contributed by atoms with Crippen molar-refractivity contribution < 1.29 is 22.4 Å². The molecule has 8 heteroatoms. The fourth-order valence-corrected chi connectivity index (χ4v) is 4.78. The molecular formula is C33H44N2O5S. The molecule has 222 valence electrons. The van der Waals surface area contributed by atoms with Crippen molar-refractivity contribution in [2.24, 2.45) is 0 Å². The molecule has 0 aliphatic carbocycles. The van der Waals surface area contributed by atoms with Crippen LogP contribution in [-0.4, -0.2) is 45.5 Å². The zero-order chi connectivity index (χ0) is 29.5. The van der Waals surface area contributed by atoms with Crippen LogP contribution in [0.4, 0.5) is 0 Å². The van der Waals surface area contributed by atoms with Gasteiger partial charge in [-0.05, 0) is 50.6 Å². The Balaban J connectivity index is 0.000000850. The van der Waals surface area contributed by atoms with Crippen LogP contribution in [0.15, 0.2) is 72.8 Å². The van der Waals surface area contributed by atoms with Crippen molar-refractivity contribution >= 4 is 31.7 Å². The van der Waals surface area contributed by atoms with Crippen molar-refractivity contribution in [2.75, 3.05) is 32.6 Å². The van der Waals surface area contributed by atoms with Crippen LogP contribution in [0, 0.1) is 0 Å². The minimum Gasteiger partial charge on any atom is -0.493 e. The quantitative estimate of drug-likeness (QED) is 0.106. The SMILES string of the molecule is CCOc1c(CNCCCCCCNCc2ccc3ccccc3c2OCC)ccc2ccccc12.CS(=O)(=O)O. The van der Waals surface area contributed by atoms with Gasteiger partial charge in [-0.2, -0.15) is 8.42 Å². The smallest absolute Gasteiger partial charge is 0.261 e. The second-order valence-electron chi connectivity index (χ2n) is 9.92. The van der Waals surface area contributed by atoms with E-state index in [1.807, 2.05) is 13.8 Å². The lowest BCUT2D eigenvalue weighted by atomic mass is 10.0. The Labute approximate surface area is 245 Å². The van der Waals surface area contributed by atoms with E-state index in [9.17, 15) is 8.42 Å². The maximum Gasteiger partial charge on any atom is 0.261 e. The van der Waals surface area contributed by atoms with Crippen molar-refractivity contribution in [3.63, 3.8) is 0 Å². The van der Waals surface area contributed by atoms with E-state index in [4.69, 9.17) is 14.0 Å². The molecule has 4 aromatic rings. The first kappa shape index (κ1) is 32.3. The molecule has 0 heterocycles. The summed E-state index contributed by atoms with van der Waals surface area (Å²) in [5, 5.41) is 12.1. The lowest BCUT2D eigenvalue weighted by Gasteiger charge is -2.14. The Bertz CT molecular complexity index is 1370. The van der Waals surface area contributed by atoms with Crippen LogP contribution in [-0.2, 0) is 23.2 Å². The van der Waals surface area contributed by atoms with Gasteiger partial charge in [0.15, 0.2) is 0 Å². The summed E-state index contributed by atoms with van der Waals surface area (Å²) in [6.45, 7) is 9.21. The van der Waals surface area contributed by atoms with Crippen molar-refractivity contribution in [3.05, 3.63) is 83.9 Å². The van der Waals surface area contributed by atoms with E-state index < -0.39 is 10.1 Å². The van der Waals surface area contributed by atoms with Crippen LogP contribution in [0.2, 0.25) is 0 Å². The number of ether oxygens (including phenoxy) is 2. The number of hydrogen-bond donors (Lipinski definition) is 3. The molecule has 4 aromatic carbocycles. The van der Waals surface area contributed by atoms with Gasteiger partial charge in [0, 0.05) is 35.0 Å². The fraction of sp³-hybridized carbons (Fsp3) is 0.394. The highest BCUT2D eigenvalue weighted by molar-refractivity contribution is 7.85. The lowest BCUT2D eigenvalue weighted by molar-refractivity contribution is 0.339. The molecule has 0 fully saturated rings. The highest BCUT2D eigenvalue weighted by atomic mass is 32.2. The average Bonchev–Trinajstić information content (AvgIpc) is 2.95. The molecular weight excluding hydrogens is 536 g/mol. The van der Waals surface area contributed by atoms with Gasteiger partial charge >= 0.3 is 0 Å². The van der Waals surface area contributed by atoms with E-state index in [1.54, 1.807) is 0 Å². The third-order valence-electron chi connectivity index (χ3n) is 6.59. The molecule has 0 radical (unpaired) electrons. The molecule has 41 heavy (non-hydrogen) atoms. The molecule has 0 spiro atoms. The molecule has 0 bridgehead atoms. The molecule has 4 rings (SSSR count). The van der Waals surface area contributed by atoms with E-state index in [-0.39, 0.29) is 0 Å². The fourth-order valence-electron chi connectivity index (χ4n) is 4.78. The molecule has 0 aliphatic heterocycles. The van der Waals surface area contributed by atoms with Gasteiger partial charge in [0.1, 0.15) is 11.5 Å². The summed E-state index contributed by atoms with van der Waals surface area (Å²) in [7, 11) is -3.67. The predicted octanol–water partition coefficient (Wildman–Crippen LogP) is 6.73. The molecule has 0 atom stereocenters. The van der Waals surface area contributed by atoms with Crippen molar-refractivity contribution in [1.29, 1.82) is 0 Å². The number of benzene rings is 4. The number of unbranched alkanes of at least 4 members (excludes halogenated alkanes) is 3. The van der Waals surface area contributed by atoms with E-state index in [1.165, 1.54) is 58.4 Å². The first-order valence-electron chi connectivity index (χ1n) is 14.4. The lowest BCUT2D eigenvalue weighted by Crippen LogP contribution is -2.17. The molecule has 0 aromatic heterocycles. The van der Waals surface area contributed by atoms with E-state index in [0.717, 1.165) is 37.7 Å². The Morgan fingerprint density at radius 1 is 0.634 bits per heavy atom. The van der Waals surface area contributed by atoms with Crippen molar-refractivity contribution in [3.8, 4) is 11.5 Å². The molecule has 7 nitrogen and oxygen atoms in total. The van der Waals surface area contributed by atoms with Crippen LogP contribution in [0.1, 0.15) is 50.7 Å². The van der Waals surface area contributed by atoms with E-state index in [0.29, 0.717) is 19.5 Å². The minimum absolute atomic E-state index is 0.683. The normalized spacial score (nSPS) is 11.3. The van der Waals surface area contributed by atoms with Crippen molar-refractivity contribution in [1.82, 2.24) is 10.6 Å². The summed E-state index contributed by atoms with van der Waals surface area (Å²) in [4.78, 5) is 0. The zero-order valence-corrected chi connectivity index (χ0v) is 25.3. The van der Waals surface area contributed by atoms with Gasteiger partial charge in [0.05, 0.1) is 19.5 Å². The van der Waals surface area contributed by atoms with Crippen LogP contribution in [0.5, 0.6) is 11.5 Å². The number of rotatable bonds is 15. The van der Waals surface area contributed by atoms with Gasteiger partial charge in [0.2, 0.25) is 0 Å². The summed E-state index contributed by atoms with van der Waals surface area (Å²) in [5.41, 5.74) is 2.47. The van der Waals surface area contributed by atoms with Gasteiger partial charge in [-0.15, -0.1) is 0 Å². The molecule has 3 N–H and O–H groups in total. The highest BCUT2D eigenvalue weighted by Gasteiger charge is 2.09. The number of fused-ring (bicyclic) bond motifs is 2. The van der Waals surface area contributed by atoms with Crippen LogP contribution in [0.3, 0.4) is 0 Å². The highest BCUT2D eigenvalue weighted by Crippen LogP contribution is 2.31. The summed E-state index contributed by atoms with van der Waals surface area (Å²) in [6, 6.07) is 25.7. The third-order valence-corrected chi connectivity index (χ3v) is 6.59. The Morgan fingerprint density at radius 3 is 1.41 bits per heavy atom. The van der Waals surface area contributed by atoms with Gasteiger partial charge in [-0.3, -0.25) is 4.55 Å². The standard InChI is InChI=1S/C32H40N2O2.CH4O3S/c1-3-35-31-27(19-17-25-13-7-9-15-29(25)31)23-33-21-11-5-6-12-22-34-24-28-20-18-26-14-8-10-16-30(26)32(28)36-4-2;1-5(2,3)4/h7-10,13-20,33-34H,3-6,11-12,21-24H2,1-2H3;1H3,(H,2,3,4). The first-order chi connectivity index (χ1) is 19.8. The van der Waals surface area contributed by atoms with E-state index in [2.05, 4.69) is 83.4 Å². The Kier molecular flexibility index (Phi) is 13.4. The maximum absolute atomic E-state index is 9.19. The largest absolute Gasteiger partial charge is 0.493 e. The minimum atomic E-state index is -3.67. The second kappa shape index (κ2) is 16.9. The predicted molar refractivity (Wildman–Crippen MR) is 170 cm³/mol. The summed E-state index contributed by atoms with van der Waals surface area (Å²) < 4.78 is 37.9. The average molecular weight is 581 g/mol. The van der Waals surface area contributed by atoms with Gasteiger partial charge in [-0.1, -0.05) is 85.6 Å². The van der Waals surface area contributed by atoms with Gasteiger partial charge in [-0.25, -0.2) is 0 Å². The molecule has 0 saturated carbocycles. The van der Waals surface area contributed by atoms with Gasteiger partial charge < -0.3 is 20.1 Å². The molecule has 0 aliphatic rings. The summed E-state index contributed by atoms with van der Waals surface area (Å²) in [6.07, 6.45) is 5.58. The third kappa shape index (κ3) is 11.0. The Morgan fingerprint density at radius 2 is 1.02 bits per heavy atom. The molecule has 0 amide bonds. The number of hydrogen-bond acceptors (Lipinski definition) is 6.